The van der Waals surface area contributed by atoms with E-state index in [9.17, 15) is 0 Å². The summed E-state index contributed by atoms with van der Waals surface area (Å²) in [5, 5.41) is 0. The van der Waals surface area contributed by atoms with Gasteiger partial charge < -0.3 is 166 Å². The second kappa shape index (κ2) is 50.7. The number of nitrogens with zero attached hydrogens (tertiary/aromatic N) is 4. The van der Waals surface area contributed by atoms with Crippen LogP contribution in [0.25, 0.3) is 0 Å². The van der Waals surface area contributed by atoms with Crippen LogP contribution in [0.4, 0.5) is 0 Å². The molecule has 4 nitrogen and oxygen atoms in total. The number of rotatable bonds is 36. The predicted molar refractivity (Wildman–Crippen MR) is 342 cm³/mol. The molecule has 0 heterocycles. The van der Waals surface area contributed by atoms with E-state index in [-0.39, 0.29) is 21.1 Å². The van der Waals surface area contributed by atoms with Crippen LogP contribution >= 0.6 is 48.9 Å². The van der Waals surface area contributed by atoms with Crippen LogP contribution in [0.3, 0.4) is 0 Å². The maximum Gasteiger partial charge on any atom is 4.00 e. The summed E-state index contributed by atoms with van der Waals surface area (Å²) in [5.41, 5.74) is 0. The molecule has 17 heteroatoms. The van der Waals surface area contributed by atoms with Crippen molar-refractivity contribution in [2.45, 2.75) is 237 Å². The van der Waals surface area contributed by atoms with Gasteiger partial charge in [-0.3, -0.25) is 0 Å². The van der Waals surface area contributed by atoms with E-state index in [0.29, 0.717) is 56.5 Å². The molecule has 0 aliphatic rings. The van der Waals surface area contributed by atoms with Crippen LogP contribution in [0.2, 0.25) is 0 Å². The molecule has 0 aromatic heterocycles. The van der Waals surface area contributed by atoms with Gasteiger partial charge in [0.2, 0.25) is 0 Å². The van der Waals surface area contributed by atoms with Crippen molar-refractivity contribution in [2.75, 3.05) is 52.4 Å². The van der Waals surface area contributed by atoms with Crippen LogP contribution in [0, 0.1) is 23.7 Å². The Hall–Kier alpha value is 3.17. The molecule has 0 N–H and O–H groups in total. The monoisotopic (exact) mass is 1270 g/mol. The van der Waals surface area contributed by atoms with Crippen molar-refractivity contribution >= 4 is 168 Å². The average Bonchev–Trinajstić information content (AvgIpc) is 3.31. The molecule has 0 saturated heterocycles. The summed E-state index contributed by atoms with van der Waals surface area (Å²) in [5.74, 6) is 2.69. The van der Waals surface area contributed by atoms with Crippen LogP contribution in [-0.2, 0) is 123 Å². The van der Waals surface area contributed by atoms with E-state index in [1.54, 1.807) is 0 Å². The van der Waals surface area contributed by atoms with E-state index < -0.39 is 0 Å². The third-order valence-corrected chi connectivity index (χ3v) is 19.0. The van der Waals surface area contributed by atoms with Crippen LogP contribution in [0.5, 0.6) is 0 Å². The van der Waals surface area contributed by atoms with Crippen molar-refractivity contribution in [1.29, 1.82) is 0 Å². The van der Waals surface area contributed by atoms with E-state index in [4.69, 9.17) is 151 Å². The summed E-state index contributed by atoms with van der Waals surface area (Å²) < 4.78 is 3.85. The SMILES string of the molecule is CCCCC(CC)C[N+]([S-])(CCCC)C(=S)[S-].CCCCC(CC)C[N+]([S-])(CCCC)C(=S)[S-].CCCCC(CC)C[N+]([S-])(CCCC)C(=S)[S-].CCCCC(CC)C[N+]([S-])(CCCC)C(=S)[S-].[Mo+4]. The molecule has 0 spiro atoms. The summed E-state index contributed by atoms with van der Waals surface area (Å²) in [6.45, 7) is 34.1. The van der Waals surface area contributed by atoms with Crippen molar-refractivity contribution < 1.29 is 36.6 Å². The molecule has 0 rings (SSSR count). The van der Waals surface area contributed by atoms with Gasteiger partial charge in [-0.1, -0.05) is 160 Å². The Morgan fingerprint density at radius 3 is 0.551 bits per heavy atom. The zero-order valence-corrected chi connectivity index (χ0v) is 57.8. The van der Waals surface area contributed by atoms with Gasteiger partial charge in [0.15, 0.2) is 0 Å². The van der Waals surface area contributed by atoms with Gasteiger partial charge in [-0.2, -0.15) is 0 Å². The Labute approximate surface area is 512 Å². The number of hydrogen-bond acceptors (Lipinski definition) is 12. The number of thiocarbonyl (C=S) groups is 4. The van der Waals surface area contributed by atoms with E-state index in [1.165, 1.54) is 103 Å². The number of quaternary nitrogens is 4. The second-order valence-corrected chi connectivity index (χ2v) is 26.2. The summed E-state index contributed by atoms with van der Waals surface area (Å²) in [4.78, 5) is 0. The van der Waals surface area contributed by atoms with Crippen molar-refractivity contribution in [2.24, 2.45) is 23.7 Å². The third-order valence-electron chi connectivity index (χ3n) is 13.2. The molecule has 8 atom stereocenters. The molecular formula is C52H104MoN4S12. The molecule has 0 radical (unpaired) electrons. The maximum atomic E-state index is 5.68. The van der Waals surface area contributed by atoms with Gasteiger partial charge in [0, 0.05) is 41.0 Å². The third kappa shape index (κ3) is 41.0. The quantitative estimate of drug-likeness (QED) is 0.0254. The van der Waals surface area contributed by atoms with Crippen molar-refractivity contribution in [3.63, 3.8) is 0 Å². The van der Waals surface area contributed by atoms with Crippen LogP contribution in [-0.4, -0.2) is 85.2 Å². The fourth-order valence-corrected chi connectivity index (χ4v) is 10.7. The zero-order valence-electron chi connectivity index (χ0n) is 46.0. The van der Waals surface area contributed by atoms with Gasteiger partial charge in [0.1, 0.15) is 0 Å². The summed E-state index contributed by atoms with van der Waals surface area (Å²) in [6, 6.07) is 0. The molecule has 0 aromatic carbocycles. The van der Waals surface area contributed by atoms with Crippen LogP contribution in [0.15, 0.2) is 0 Å². The molecule has 0 aliphatic heterocycles. The average molecular weight is 1270 g/mol. The zero-order chi connectivity index (χ0) is 53.2. The standard InChI is InChI=1S/4C13H27NS3.Mo/c4*1-4-7-9-12(6-3)11-14(17,13(15)16)10-8-5-2;/h4*12H,4-11H2,1-3H3,(H,15,16);/q;;;;+4/p-4. The fourth-order valence-electron chi connectivity index (χ4n) is 8.02. The van der Waals surface area contributed by atoms with E-state index in [2.05, 4.69) is 83.1 Å². The minimum Gasteiger partial charge on any atom is -0.489 e. The second-order valence-electron chi connectivity index (χ2n) is 19.3. The van der Waals surface area contributed by atoms with Gasteiger partial charge in [-0.25, -0.2) is 0 Å². The van der Waals surface area contributed by atoms with Crippen molar-refractivity contribution in [3.8, 4) is 0 Å². The maximum absolute atomic E-state index is 5.68. The Morgan fingerprint density at radius 1 is 0.304 bits per heavy atom. The Morgan fingerprint density at radius 2 is 0.449 bits per heavy atom. The molecule has 0 saturated carbocycles. The molecule has 69 heavy (non-hydrogen) atoms. The van der Waals surface area contributed by atoms with Gasteiger partial charge in [0.05, 0.1) is 52.4 Å². The largest absolute Gasteiger partial charge is 4.00 e. The molecule has 0 fully saturated rings. The van der Waals surface area contributed by atoms with Gasteiger partial charge in [-0.05, 0) is 77.0 Å². The number of hydrogen-bond donors (Lipinski definition) is 0. The van der Waals surface area contributed by atoms with Gasteiger partial charge in [0.25, 0.3) is 0 Å². The smallest absolute Gasteiger partial charge is 0.489 e. The Balaban J connectivity index is -0.000000263. The summed E-state index contributed by atoms with van der Waals surface area (Å²) in [7, 11) is 0. The van der Waals surface area contributed by atoms with E-state index >= 15 is 0 Å². The summed E-state index contributed by atoms with van der Waals surface area (Å²) >= 11 is 64.3. The molecule has 0 bridgehead atoms. The molecule has 410 valence electrons. The van der Waals surface area contributed by atoms with Crippen LogP contribution < -0.4 is 0 Å². The van der Waals surface area contributed by atoms with Gasteiger partial charge >= 0.3 is 21.1 Å². The van der Waals surface area contributed by atoms with E-state index in [1.807, 2.05) is 0 Å². The van der Waals surface area contributed by atoms with Crippen molar-refractivity contribution in [3.05, 3.63) is 0 Å². The fraction of sp³-hybridized carbons (Fsp3) is 0.923. The Kier molecular flexibility index (Phi) is 59.5. The first-order valence-corrected chi connectivity index (χ1v) is 31.9. The first-order chi connectivity index (χ1) is 32.0. The molecular weight excluding hydrogens is 1160 g/mol. The molecule has 0 amide bonds. The predicted octanol–water partition coefficient (Wildman–Crippen LogP) is 16.5. The molecule has 0 aliphatic carbocycles. The Bertz CT molecular complexity index is 1070. The molecule has 8 unspecified atom stereocenters. The first-order valence-electron chi connectivity index (χ1n) is 27.2. The van der Waals surface area contributed by atoms with Crippen LogP contribution in [0.1, 0.15) is 237 Å². The van der Waals surface area contributed by atoms with Gasteiger partial charge in [-0.15, -0.1) is 0 Å². The normalized spacial score (nSPS) is 16.2. The van der Waals surface area contributed by atoms with Crippen molar-refractivity contribution in [1.82, 2.24) is 0 Å². The topological polar surface area (TPSA) is 0 Å². The minimum absolute atomic E-state index is 0. The summed E-state index contributed by atoms with van der Waals surface area (Å²) in [6.07, 6.45) is 29.0. The minimum atomic E-state index is 0. The number of unbranched alkanes of at least 4 members (excludes halogenated alkanes) is 8. The molecule has 0 aromatic rings. The van der Waals surface area contributed by atoms with E-state index in [0.717, 1.165) is 104 Å². The first kappa shape index (κ1) is 81.0.